The molecule has 0 saturated heterocycles. The second kappa shape index (κ2) is 31.3. The van der Waals surface area contributed by atoms with Crippen LogP contribution in [0.3, 0.4) is 0 Å². The van der Waals surface area contributed by atoms with Crippen LogP contribution in [0.1, 0.15) is 162 Å². The van der Waals surface area contributed by atoms with Gasteiger partial charge in [-0.15, -0.1) is 0 Å². The van der Waals surface area contributed by atoms with Crippen molar-refractivity contribution in [1.29, 1.82) is 0 Å². The Bertz CT molecular complexity index is 1100. The molecule has 1 rings (SSSR count). The standard InChI is InChI=1S/C41H75O13P/c1-4-5-15-21-33(43)25-26-37-36(38(45)27-39(37)46)22-17-13-14-19-24-41(48)54-35(31-53-55(49,50)52-29-34(44)28-42)30-51-40(47)23-18-12-10-8-6-7-9-11-16-20-32(2)3/h25-26,32-37,39,42-44,46H,4-24,27-31H2,1-3H3,(H,49,50)/b26-25+/t33-,34-,35+,36+,37+,39+/m0/s1. The van der Waals surface area contributed by atoms with E-state index in [9.17, 15) is 39.2 Å². The van der Waals surface area contributed by atoms with E-state index in [1.807, 2.05) is 0 Å². The number of aliphatic hydroxyl groups excluding tert-OH is 4. The van der Waals surface area contributed by atoms with E-state index < -0.39 is 64.0 Å². The lowest BCUT2D eigenvalue weighted by molar-refractivity contribution is -0.161. The van der Waals surface area contributed by atoms with Crippen molar-refractivity contribution in [2.24, 2.45) is 17.8 Å². The predicted molar refractivity (Wildman–Crippen MR) is 211 cm³/mol. The van der Waals surface area contributed by atoms with Gasteiger partial charge in [0.1, 0.15) is 18.5 Å². The van der Waals surface area contributed by atoms with E-state index in [0.29, 0.717) is 32.1 Å². The fourth-order valence-electron chi connectivity index (χ4n) is 6.66. The molecule has 1 fully saturated rings. The van der Waals surface area contributed by atoms with E-state index in [4.69, 9.17) is 19.1 Å². The molecule has 0 aliphatic heterocycles. The first-order valence-corrected chi connectivity index (χ1v) is 22.6. The minimum atomic E-state index is -4.68. The Hall–Kier alpha value is -1.70. The van der Waals surface area contributed by atoms with Gasteiger partial charge in [0.2, 0.25) is 0 Å². The van der Waals surface area contributed by atoms with Crippen molar-refractivity contribution in [2.45, 2.75) is 186 Å². The number of rotatable bonds is 35. The van der Waals surface area contributed by atoms with Crippen LogP contribution in [0.4, 0.5) is 0 Å². The molecule has 0 amide bonds. The largest absolute Gasteiger partial charge is 0.472 e. The summed E-state index contributed by atoms with van der Waals surface area (Å²) in [6, 6.07) is 0. The van der Waals surface area contributed by atoms with E-state index >= 15 is 0 Å². The highest BCUT2D eigenvalue weighted by Gasteiger charge is 2.39. The molecule has 55 heavy (non-hydrogen) atoms. The maximum absolute atomic E-state index is 12.7. The molecule has 14 heteroatoms. The lowest BCUT2D eigenvalue weighted by atomic mass is 9.88. The van der Waals surface area contributed by atoms with Crippen LogP contribution in [0.15, 0.2) is 12.2 Å². The third kappa shape index (κ3) is 26.8. The number of unbranched alkanes of at least 4 members (excludes halogenated alkanes) is 13. The smallest absolute Gasteiger partial charge is 0.462 e. The number of phosphoric acid groups is 1. The average Bonchev–Trinajstić information content (AvgIpc) is 3.41. The zero-order chi connectivity index (χ0) is 40.9. The fourth-order valence-corrected chi connectivity index (χ4v) is 7.45. The Morgan fingerprint density at radius 3 is 1.98 bits per heavy atom. The molecule has 0 bridgehead atoms. The second-order valence-corrected chi connectivity index (χ2v) is 17.1. The van der Waals surface area contributed by atoms with Crippen LogP contribution >= 0.6 is 7.82 Å². The zero-order valence-electron chi connectivity index (χ0n) is 34.0. The Morgan fingerprint density at radius 2 is 1.36 bits per heavy atom. The van der Waals surface area contributed by atoms with Crippen molar-refractivity contribution in [1.82, 2.24) is 0 Å². The first-order chi connectivity index (χ1) is 26.3. The van der Waals surface area contributed by atoms with Crippen LogP contribution in [-0.4, -0.2) is 93.9 Å². The molecule has 0 radical (unpaired) electrons. The summed E-state index contributed by atoms with van der Waals surface area (Å²) in [6.07, 6.45) is 18.1. The van der Waals surface area contributed by atoms with Crippen LogP contribution < -0.4 is 0 Å². The first kappa shape index (κ1) is 51.3. The van der Waals surface area contributed by atoms with Gasteiger partial charge >= 0.3 is 19.8 Å². The van der Waals surface area contributed by atoms with Crippen LogP contribution in [0, 0.1) is 17.8 Å². The minimum Gasteiger partial charge on any atom is -0.462 e. The van der Waals surface area contributed by atoms with E-state index in [2.05, 4.69) is 25.3 Å². The number of phosphoric ester groups is 1. The zero-order valence-corrected chi connectivity index (χ0v) is 34.9. The summed E-state index contributed by atoms with van der Waals surface area (Å²) in [5.74, 6) is -0.924. The predicted octanol–water partition coefficient (Wildman–Crippen LogP) is 7.28. The minimum absolute atomic E-state index is 0.0242. The molecule has 7 atom stereocenters. The molecule has 1 aliphatic carbocycles. The molecule has 5 N–H and O–H groups in total. The Morgan fingerprint density at radius 1 is 0.800 bits per heavy atom. The lowest BCUT2D eigenvalue weighted by Crippen LogP contribution is -2.29. The third-order valence-electron chi connectivity index (χ3n) is 9.99. The molecule has 13 nitrogen and oxygen atoms in total. The summed E-state index contributed by atoms with van der Waals surface area (Å²) in [6.45, 7) is 4.28. The van der Waals surface area contributed by atoms with Crippen LogP contribution in [-0.2, 0) is 37.5 Å². The number of carbonyl (C=O) groups excluding carboxylic acids is 3. The van der Waals surface area contributed by atoms with Gasteiger partial charge in [-0.2, -0.15) is 0 Å². The van der Waals surface area contributed by atoms with Crippen LogP contribution in [0.25, 0.3) is 0 Å². The summed E-state index contributed by atoms with van der Waals surface area (Å²) >= 11 is 0. The molecule has 0 aromatic carbocycles. The van der Waals surface area contributed by atoms with Gasteiger partial charge in [-0.3, -0.25) is 23.4 Å². The van der Waals surface area contributed by atoms with Gasteiger partial charge in [-0.05, 0) is 31.6 Å². The normalized spacial score (nSPS) is 20.2. The summed E-state index contributed by atoms with van der Waals surface area (Å²) in [5, 5.41) is 39.0. The van der Waals surface area contributed by atoms with Gasteiger partial charge in [0.25, 0.3) is 0 Å². The van der Waals surface area contributed by atoms with Crippen LogP contribution in [0.5, 0.6) is 0 Å². The van der Waals surface area contributed by atoms with E-state index in [1.165, 1.54) is 38.5 Å². The van der Waals surface area contributed by atoms with Gasteiger partial charge in [-0.1, -0.05) is 129 Å². The maximum Gasteiger partial charge on any atom is 0.472 e. The number of ether oxygens (including phenoxy) is 2. The molecule has 322 valence electrons. The maximum atomic E-state index is 12.7. The van der Waals surface area contributed by atoms with Crippen LogP contribution in [0.2, 0.25) is 0 Å². The highest BCUT2D eigenvalue weighted by molar-refractivity contribution is 7.47. The van der Waals surface area contributed by atoms with E-state index in [1.54, 1.807) is 12.2 Å². The summed E-state index contributed by atoms with van der Waals surface area (Å²) in [5.41, 5.74) is 0. The van der Waals surface area contributed by atoms with Gasteiger partial charge in [0.15, 0.2) is 6.10 Å². The number of hydrogen-bond acceptors (Lipinski definition) is 12. The quantitative estimate of drug-likeness (QED) is 0.0185. The summed E-state index contributed by atoms with van der Waals surface area (Å²) in [7, 11) is -4.68. The number of aliphatic hydroxyl groups is 4. The number of Topliss-reactive ketones (excluding diaryl/α,β-unsaturated/α-hetero) is 1. The molecule has 1 saturated carbocycles. The van der Waals surface area contributed by atoms with Gasteiger partial charge < -0.3 is 34.8 Å². The first-order valence-electron chi connectivity index (χ1n) is 21.1. The highest BCUT2D eigenvalue weighted by atomic mass is 31.2. The third-order valence-corrected chi connectivity index (χ3v) is 10.9. The monoisotopic (exact) mass is 806 g/mol. The molecular weight excluding hydrogens is 731 g/mol. The van der Waals surface area contributed by atoms with E-state index in [0.717, 1.165) is 57.3 Å². The molecule has 0 heterocycles. The summed E-state index contributed by atoms with van der Waals surface area (Å²) < 4.78 is 32.6. The lowest BCUT2D eigenvalue weighted by Gasteiger charge is -2.20. The number of esters is 2. The van der Waals surface area contributed by atoms with E-state index in [-0.39, 0.29) is 43.5 Å². The second-order valence-electron chi connectivity index (χ2n) is 15.6. The Labute approximate surface area is 330 Å². The van der Waals surface area contributed by atoms with Crippen molar-refractivity contribution < 1.29 is 62.8 Å². The molecule has 1 unspecified atom stereocenters. The number of carbonyl (C=O) groups is 3. The molecule has 1 aliphatic rings. The number of hydrogen-bond donors (Lipinski definition) is 5. The molecular formula is C41H75O13P. The molecule has 0 aromatic heterocycles. The number of ketones is 1. The Kier molecular flexibility index (Phi) is 29.2. The Balaban J connectivity index is 2.48. The topological polar surface area (TPSA) is 206 Å². The average molecular weight is 807 g/mol. The molecule has 0 spiro atoms. The van der Waals surface area contributed by atoms with Crippen molar-refractivity contribution in [2.75, 3.05) is 26.4 Å². The van der Waals surface area contributed by atoms with Crippen molar-refractivity contribution in [3.8, 4) is 0 Å². The van der Waals surface area contributed by atoms with Gasteiger partial charge in [0.05, 0.1) is 32.0 Å². The highest BCUT2D eigenvalue weighted by Crippen LogP contribution is 2.43. The fraction of sp³-hybridized carbons (Fsp3) is 0.878. The van der Waals surface area contributed by atoms with Crippen molar-refractivity contribution in [3.63, 3.8) is 0 Å². The molecule has 0 aromatic rings. The summed E-state index contributed by atoms with van der Waals surface area (Å²) in [4.78, 5) is 47.7. The van der Waals surface area contributed by atoms with Crippen molar-refractivity contribution in [3.05, 3.63) is 12.2 Å². The van der Waals surface area contributed by atoms with Gasteiger partial charge in [0, 0.05) is 31.1 Å². The van der Waals surface area contributed by atoms with Gasteiger partial charge in [-0.25, -0.2) is 4.57 Å². The SMILES string of the molecule is CCCCC[C@H](O)/C=C/[C@H]1[C@H](O)CC(=O)[C@@H]1CCCCCCC(=O)O[C@H](COC(=O)CCCCCCCCCCCC(C)C)COP(=O)(O)OC[C@@H](O)CO. The van der Waals surface area contributed by atoms with Crippen molar-refractivity contribution >= 4 is 25.5 Å².